The highest BCUT2D eigenvalue weighted by molar-refractivity contribution is 5.39. The molecule has 0 aromatic carbocycles. The Morgan fingerprint density at radius 1 is 1.53 bits per heavy atom. The molecule has 2 heterocycles. The van der Waals surface area contributed by atoms with E-state index in [0.29, 0.717) is 6.04 Å². The number of nitrogens with one attached hydrogen (secondary N) is 1. The lowest BCUT2D eigenvalue weighted by Crippen LogP contribution is -2.33. The lowest BCUT2D eigenvalue weighted by Gasteiger charge is -2.31. The van der Waals surface area contributed by atoms with E-state index in [1.807, 2.05) is 0 Å². The van der Waals surface area contributed by atoms with Gasteiger partial charge in [-0.3, -0.25) is 0 Å². The zero-order chi connectivity index (χ0) is 10.8. The van der Waals surface area contributed by atoms with Gasteiger partial charge in [-0.15, -0.1) is 0 Å². The molecule has 1 unspecified atom stereocenters. The average Bonchev–Trinajstić information content (AvgIpc) is 2.75. The van der Waals surface area contributed by atoms with Crippen LogP contribution in [0, 0.1) is 0 Å². The number of nitrogens with zero attached hydrogens (tertiary/aromatic N) is 1. The van der Waals surface area contributed by atoms with Crippen LogP contribution in [-0.4, -0.2) is 24.5 Å². The van der Waals surface area contributed by atoms with Crippen LogP contribution in [0.25, 0.3) is 0 Å². The number of hydrogen-bond donors (Lipinski definition) is 1. The van der Waals surface area contributed by atoms with Gasteiger partial charge in [0.1, 0.15) is 0 Å². The van der Waals surface area contributed by atoms with Gasteiger partial charge in [0.05, 0.1) is 0 Å². The summed E-state index contributed by atoms with van der Waals surface area (Å²) in [6.07, 6.45) is 8.12. The Balaban J connectivity index is 2.23. The van der Waals surface area contributed by atoms with Crippen molar-refractivity contribution in [1.29, 1.82) is 0 Å². The van der Waals surface area contributed by atoms with Crippen molar-refractivity contribution >= 4 is 0 Å². The first-order chi connectivity index (χ1) is 7.22. The molecule has 0 radical (unpaired) electrons. The van der Waals surface area contributed by atoms with Crippen LogP contribution in [0.15, 0.2) is 35.7 Å². The second-order valence-corrected chi connectivity index (χ2v) is 4.34. The molecule has 2 heteroatoms. The molecular weight excluding hydrogens is 184 g/mol. The highest BCUT2D eigenvalue weighted by Crippen LogP contribution is 2.27. The van der Waals surface area contributed by atoms with Gasteiger partial charge in [-0.25, -0.2) is 0 Å². The fourth-order valence-corrected chi connectivity index (χ4v) is 2.28. The topological polar surface area (TPSA) is 15.3 Å². The first kappa shape index (κ1) is 10.5. The van der Waals surface area contributed by atoms with E-state index in [-0.39, 0.29) is 0 Å². The summed E-state index contributed by atoms with van der Waals surface area (Å²) in [4.78, 5) is 2.21. The fraction of sp³-hybridized carbons (Fsp3) is 0.538. The average molecular weight is 204 g/mol. The van der Waals surface area contributed by atoms with Gasteiger partial charge in [0.15, 0.2) is 0 Å². The maximum absolute atomic E-state index is 4.10. The Morgan fingerprint density at radius 3 is 2.93 bits per heavy atom. The van der Waals surface area contributed by atoms with Gasteiger partial charge in [0.2, 0.25) is 0 Å². The number of allylic oxidation sites excluding steroid dienone is 3. The van der Waals surface area contributed by atoms with Crippen LogP contribution in [0.3, 0.4) is 0 Å². The summed E-state index contributed by atoms with van der Waals surface area (Å²) in [5.74, 6) is 0. The van der Waals surface area contributed by atoms with Crippen molar-refractivity contribution in [3.8, 4) is 0 Å². The largest absolute Gasteiger partial charge is 0.347 e. The third kappa shape index (κ3) is 2.00. The van der Waals surface area contributed by atoms with E-state index in [2.05, 4.69) is 42.9 Å². The van der Waals surface area contributed by atoms with Crippen molar-refractivity contribution in [3.63, 3.8) is 0 Å². The second kappa shape index (κ2) is 4.23. The Morgan fingerprint density at radius 2 is 2.33 bits per heavy atom. The van der Waals surface area contributed by atoms with Crippen LogP contribution < -0.4 is 5.32 Å². The van der Waals surface area contributed by atoms with Crippen molar-refractivity contribution in [2.75, 3.05) is 13.6 Å². The van der Waals surface area contributed by atoms with Gasteiger partial charge in [-0.05, 0) is 43.5 Å². The minimum Gasteiger partial charge on any atom is -0.347 e. The van der Waals surface area contributed by atoms with Crippen LogP contribution in [0.1, 0.15) is 26.2 Å². The van der Waals surface area contributed by atoms with Gasteiger partial charge in [0.25, 0.3) is 0 Å². The Hall–Kier alpha value is -1.02. The predicted molar refractivity (Wildman–Crippen MR) is 64.4 cm³/mol. The lowest BCUT2D eigenvalue weighted by molar-refractivity contribution is 0.457. The molecule has 82 valence electrons. The molecule has 0 bridgehead atoms. The molecule has 2 rings (SSSR count). The summed E-state index contributed by atoms with van der Waals surface area (Å²) in [5.41, 5.74) is 3.89. The molecule has 1 fully saturated rings. The molecule has 0 aliphatic carbocycles. The molecule has 2 nitrogen and oxygen atoms in total. The highest BCUT2D eigenvalue weighted by Gasteiger charge is 2.24. The van der Waals surface area contributed by atoms with E-state index < -0.39 is 0 Å². The summed E-state index contributed by atoms with van der Waals surface area (Å²) < 4.78 is 0. The zero-order valence-electron chi connectivity index (χ0n) is 9.71. The smallest absolute Gasteiger partial charge is 0.0475 e. The molecule has 0 aromatic heterocycles. The number of rotatable bonds is 2. The monoisotopic (exact) mass is 204 g/mol. The molecule has 2 aliphatic rings. The molecule has 2 aliphatic heterocycles. The summed E-state index contributed by atoms with van der Waals surface area (Å²) >= 11 is 0. The SMILES string of the molecule is C=C1C=C(CC)C=C(C2CCCN2)N1C. The Labute approximate surface area is 92.3 Å². The molecule has 1 atom stereocenters. The molecule has 0 saturated carbocycles. The zero-order valence-corrected chi connectivity index (χ0v) is 9.71. The van der Waals surface area contributed by atoms with E-state index in [4.69, 9.17) is 0 Å². The second-order valence-electron chi connectivity index (χ2n) is 4.34. The third-order valence-corrected chi connectivity index (χ3v) is 3.33. The van der Waals surface area contributed by atoms with Gasteiger partial charge in [0, 0.05) is 24.5 Å². The first-order valence-electron chi connectivity index (χ1n) is 5.80. The van der Waals surface area contributed by atoms with Gasteiger partial charge >= 0.3 is 0 Å². The van der Waals surface area contributed by atoms with Crippen molar-refractivity contribution in [2.45, 2.75) is 32.2 Å². The van der Waals surface area contributed by atoms with Crippen LogP contribution in [0.4, 0.5) is 0 Å². The fourth-order valence-electron chi connectivity index (χ4n) is 2.28. The third-order valence-electron chi connectivity index (χ3n) is 3.33. The maximum atomic E-state index is 4.10. The van der Waals surface area contributed by atoms with Crippen molar-refractivity contribution in [3.05, 3.63) is 35.7 Å². The van der Waals surface area contributed by atoms with Crippen molar-refractivity contribution in [1.82, 2.24) is 10.2 Å². The Kier molecular flexibility index (Phi) is 2.96. The van der Waals surface area contributed by atoms with E-state index >= 15 is 0 Å². The predicted octanol–water partition coefficient (Wildman–Crippen LogP) is 2.42. The summed E-state index contributed by atoms with van der Waals surface area (Å²) in [6.45, 7) is 7.44. The van der Waals surface area contributed by atoms with Crippen LogP contribution in [0.5, 0.6) is 0 Å². The highest BCUT2D eigenvalue weighted by atomic mass is 15.2. The number of hydrogen-bond acceptors (Lipinski definition) is 2. The summed E-state index contributed by atoms with van der Waals surface area (Å²) in [5, 5.41) is 3.54. The standard InChI is InChI=1S/C13H20N2/c1-4-11-8-10(2)15(3)13(9-11)12-6-5-7-14-12/h8-9,12,14H,2,4-7H2,1,3H3. The summed E-state index contributed by atoms with van der Waals surface area (Å²) in [6, 6.07) is 0.530. The lowest BCUT2D eigenvalue weighted by atomic mass is 10.0. The molecule has 15 heavy (non-hydrogen) atoms. The first-order valence-corrected chi connectivity index (χ1v) is 5.80. The molecule has 0 spiro atoms. The van der Waals surface area contributed by atoms with Crippen molar-refractivity contribution in [2.24, 2.45) is 0 Å². The minimum atomic E-state index is 0.530. The normalized spacial score (nSPS) is 26.7. The van der Waals surface area contributed by atoms with E-state index in [9.17, 15) is 0 Å². The molecule has 0 amide bonds. The molecular formula is C13H20N2. The van der Waals surface area contributed by atoms with Gasteiger partial charge < -0.3 is 10.2 Å². The van der Waals surface area contributed by atoms with E-state index in [1.54, 1.807) is 0 Å². The molecule has 0 aromatic rings. The molecule has 1 saturated heterocycles. The van der Waals surface area contributed by atoms with Gasteiger partial charge in [-0.2, -0.15) is 0 Å². The maximum Gasteiger partial charge on any atom is 0.0475 e. The van der Waals surface area contributed by atoms with E-state index in [0.717, 1.165) is 18.7 Å². The van der Waals surface area contributed by atoms with Crippen LogP contribution >= 0.6 is 0 Å². The van der Waals surface area contributed by atoms with Gasteiger partial charge in [-0.1, -0.05) is 13.5 Å². The quantitative estimate of drug-likeness (QED) is 0.743. The molecule has 1 N–H and O–H groups in total. The summed E-state index contributed by atoms with van der Waals surface area (Å²) in [7, 11) is 2.11. The Bertz CT molecular complexity index is 319. The van der Waals surface area contributed by atoms with Crippen LogP contribution in [0.2, 0.25) is 0 Å². The minimum absolute atomic E-state index is 0.530. The van der Waals surface area contributed by atoms with Crippen LogP contribution in [-0.2, 0) is 0 Å². The van der Waals surface area contributed by atoms with E-state index in [1.165, 1.54) is 24.1 Å². The number of likely N-dealkylation sites (N-methyl/N-ethyl adjacent to an activating group) is 1. The van der Waals surface area contributed by atoms with Crippen molar-refractivity contribution < 1.29 is 0 Å².